The predicted molar refractivity (Wildman–Crippen MR) is 95.3 cm³/mol. The minimum atomic E-state index is -6.00. The zero-order valence-electron chi connectivity index (χ0n) is 13.8. The molecule has 6 heteroatoms. The van der Waals surface area contributed by atoms with Gasteiger partial charge in [0.2, 0.25) is 0 Å². The Kier molecular flexibility index (Phi) is 7.60. The molecule has 0 aliphatic heterocycles. The van der Waals surface area contributed by atoms with Crippen molar-refractivity contribution in [3.63, 3.8) is 0 Å². The standard InChI is InChI=1S/C18H19Se.BF4/c1-18(2,3)14-15-19(16-10-6-4-7-11-16)17-12-8-5-9-13-17;2-1(3,4)5/h4-13H,1-3H3;/q+1;-1. The number of hydrogen-bond acceptors (Lipinski definition) is 0. The van der Waals surface area contributed by atoms with Crippen LogP contribution in [0.4, 0.5) is 17.3 Å². The molecular weight excluding hydrogens is 382 g/mol. The van der Waals surface area contributed by atoms with Crippen LogP contribution < -0.4 is 8.92 Å². The number of hydrogen-bond donors (Lipinski definition) is 0. The van der Waals surface area contributed by atoms with Crippen molar-refractivity contribution < 1.29 is 17.3 Å². The molecule has 0 N–H and O–H groups in total. The Hall–Kier alpha value is -1.70. The SMILES string of the molecule is CC(C)(C)C#C[Se+](c1ccccc1)c1ccccc1.F[B-](F)(F)F. The molecule has 0 aliphatic carbocycles. The zero-order valence-corrected chi connectivity index (χ0v) is 15.5. The van der Waals surface area contributed by atoms with Gasteiger partial charge in [-0.2, -0.15) is 0 Å². The maximum atomic E-state index is 9.75. The molecule has 0 spiro atoms. The van der Waals surface area contributed by atoms with Crippen molar-refractivity contribution in [1.29, 1.82) is 0 Å². The van der Waals surface area contributed by atoms with Gasteiger partial charge < -0.3 is 17.3 Å². The molecule has 0 unspecified atom stereocenters. The summed E-state index contributed by atoms with van der Waals surface area (Å²) in [5.41, 5.74) is 0.0608. The second-order valence-electron chi connectivity index (χ2n) is 5.90. The normalized spacial score (nSPS) is 11.2. The van der Waals surface area contributed by atoms with Gasteiger partial charge in [0.1, 0.15) is 0 Å². The van der Waals surface area contributed by atoms with Gasteiger partial charge in [-0.25, -0.2) is 0 Å². The Labute approximate surface area is 145 Å². The van der Waals surface area contributed by atoms with Gasteiger partial charge in [0.25, 0.3) is 0 Å². The van der Waals surface area contributed by atoms with Crippen LogP contribution in [0.3, 0.4) is 0 Å². The molecule has 2 aromatic rings. The van der Waals surface area contributed by atoms with E-state index in [-0.39, 0.29) is 5.41 Å². The largest absolute Gasteiger partial charge is 0.673 e. The van der Waals surface area contributed by atoms with Crippen LogP contribution in [0.1, 0.15) is 20.8 Å². The molecule has 0 aromatic heterocycles. The molecule has 0 aliphatic rings. The minimum absolute atomic E-state index is 0.0608. The van der Waals surface area contributed by atoms with Gasteiger partial charge in [0.15, 0.2) is 0 Å². The van der Waals surface area contributed by atoms with E-state index in [2.05, 4.69) is 92.2 Å². The molecule has 0 amide bonds. The third kappa shape index (κ3) is 9.44. The van der Waals surface area contributed by atoms with E-state index in [0.29, 0.717) is 0 Å². The third-order valence-electron chi connectivity index (χ3n) is 2.49. The first kappa shape index (κ1) is 20.3. The van der Waals surface area contributed by atoms with Crippen LogP contribution in [0, 0.1) is 16.2 Å². The van der Waals surface area contributed by atoms with Gasteiger partial charge in [0, 0.05) is 0 Å². The minimum Gasteiger partial charge on any atom is -0.418 e. The second-order valence-corrected chi connectivity index (χ2v) is 9.60. The molecule has 0 saturated heterocycles. The maximum absolute atomic E-state index is 9.75. The Balaban J connectivity index is 0.000000505. The van der Waals surface area contributed by atoms with Gasteiger partial charge in [-0.05, 0) is 0 Å². The molecule has 0 fully saturated rings. The molecule has 0 heterocycles. The third-order valence-corrected chi connectivity index (χ3v) is 6.25. The summed E-state index contributed by atoms with van der Waals surface area (Å²) in [5.74, 6) is 3.42. The Morgan fingerprint density at radius 3 is 1.38 bits per heavy atom. The molecular formula is C18H19BF4Se. The molecule has 2 rings (SSSR count). The summed E-state index contributed by atoms with van der Waals surface area (Å²) in [6.45, 7) is 6.50. The fourth-order valence-electron chi connectivity index (χ4n) is 1.57. The molecule has 0 radical (unpaired) electrons. The van der Waals surface area contributed by atoms with Crippen molar-refractivity contribution in [3.8, 4) is 10.7 Å². The van der Waals surface area contributed by atoms with E-state index in [4.69, 9.17) is 0 Å². The average Bonchev–Trinajstić information content (AvgIpc) is 2.47. The van der Waals surface area contributed by atoms with E-state index in [1.807, 2.05) is 0 Å². The van der Waals surface area contributed by atoms with Crippen molar-refractivity contribution in [2.24, 2.45) is 5.41 Å². The Bertz CT molecular complexity index is 622. The van der Waals surface area contributed by atoms with Gasteiger partial charge in [0.05, 0.1) is 0 Å². The summed E-state index contributed by atoms with van der Waals surface area (Å²) in [4.78, 5) is 3.57. The molecule has 0 nitrogen and oxygen atoms in total. The van der Waals surface area contributed by atoms with Crippen molar-refractivity contribution >= 4 is 30.1 Å². The first-order valence-electron chi connectivity index (χ1n) is 7.31. The van der Waals surface area contributed by atoms with Gasteiger partial charge >= 0.3 is 128 Å². The fourth-order valence-corrected chi connectivity index (χ4v) is 5.29. The van der Waals surface area contributed by atoms with Crippen LogP contribution in [0.25, 0.3) is 0 Å². The summed E-state index contributed by atoms with van der Waals surface area (Å²) in [6, 6.07) is 21.4. The summed E-state index contributed by atoms with van der Waals surface area (Å²) in [5, 5.41) is 0. The van der Waals surface area contributed by atoms with Gasteiger partial charge in [-0.15, -0.1) is 0 Å². The quantitative estimate of drug-likeness (QED) is 0.403. The molecule has 0 atom stereocenters. The zero-order chi connectivity index (χ0) is 18.2. The first-order valence-corrected chi connectivity index (χ1v) is 9.88. The number of benzene rings is 2. The van der Waals surface area contributed by atoms with Crippen molar-refractivity contribution in [3.05, 3.63) is 60.7 Å². The topological polar surface area (TPSA) is 0 Å². The fraction of sp³-hybridized carbons (Fsp3) is 0.222. The summed E-state index contributed by atoms with van der Waals surface area (Å²) in [6.07, 6.45) is 0. The number of rotatable bonds is 2. The van der Waals surface area contributed by atoms with Crippen molar-refractivity contribution in [1.82, 2.24) is 0 Å². The van der Waals surface area contributed by atoms with E-state index in [9.17, 15) is 17.3 Å². The molecule has 128 valence electrons. The second kappa shape index (κ2) is 8.96. The van der Waals surface area contributed by atoms with E-state index in [1.165, 1.54) is 8.92 Å². The predicted octanol–water partition coefficient (Wildman–Crippen LogP) is 4.18. The summed E-state index contributed by atoms with van der Waals surface area (Å²) < 4.78 is 41.8. The molecule has 0 bridgehead atoms. The summed E-state index contributed by atoms with van der Waals surface area (Å²) >= 11 is -1.25. The maximum Gasteiger partial charge on any atom is 0.673 e. The Morgan fingerprint density at radius 2 is 1.08 bits per heavy atom. The van der Waals surface area contributed by atoms with Crippen LogP contribution in [-0.4, -0.2) is 21.2 Å². The van der Waals surface area contributed by atoms with Gasteiger partial charge in [-0.1, -0.05) is 0 Å². The van der Waals surface area contributed by atoms with E-state index in [1.54, 1.807) is 0 Å². The number of halogens is 4. The van der Waals surface area contributed by atoms with E-state index < -0.39 is 21.2 Å². The average molecular weight is 401 g/mol. The van der Waals surface area contributed by atoms with Gasteiger partial charge in [-0.3, -0.25) is 0 Å². The van der Waals surface area contributed by atoms with Crippen LogP contribution >= 0.6 is 0 Å². The van der Waals surface area contributed by atoms with Crippen molar-refractivity contribution in [2.75, 3.05) is 0 Å². The van der Waals surface area contributed by atoms with Crippen LogP contribution in [0.15, 0.2) is 60.7 Å². The first-order chi connectivity index (χ1) is 11.1. The van der Waals surface area contributed by atoms with Crippen LogP contribution in [0.5, 0.6) is 0 Å². The molecule has 2 aromatic carbocycles. The Morgan fingerprint density at radius 1 is 0.750 bits per heavy atom. The molecule has 0 saturated carbocycles. The smallest absolute Gasteiger partial charge is 0.418 e. The monoisotopic (exact) mass is 402 g/mol. The molecule has 24 heavy (non-hydrogen) atoms. The van der Waals surface area contributed by atoms with E-state index in [0.717, 1.165) is 0 Å². The summed E-state index contributed by atoms with van der Waals surface area (Å²) in [7, 11) is -6.00. The van der Waals surface area contributed by atoms with Crippen LogP contribution in [-0.2, 0) is 0 Å². The van der Waals surface area contributed by atoms with Crippen LogP contribution in [0.2, 0.25) is 0 Å². The van der Waals surface area contributed by atoms with E-state index >= 15 is 0 Å². The van der Waals surface area contributed by atoms with Crippen molar-refractivity contribution in [2.45, 2.75) is 20.8 Å².